The Morgan fingerprint density at radius 1 is 1.13 bits per heavy atom. The van der Waals surface area contributed by atoms with E-state index in [9.17, 15) is 0 Å². The molecule has 0 unspecified atom stereocenters. The lowest BCUT2D eigenvalue weighted by Gasteiger charge is -2.03. The minimum atomic E-state index is 0.508. The summed E-state index contributed by atoms with van der Waals surface area (Å²) in [6.45, 7) is 2.05. The molecule has 0 saturated carbocycles. The molecule has 0 atom stereocenters. The average Bonchev–Trinajstić information content (AvgIpc) is 3.02. The Hall–Kier alpha value is -2.73. The second kappa shape index (κ2) is 7.02. The van der Waals surface area contributed by atoms with Gasteiger partial charge < -0.3 is 0 Å². The smallest absolute Gasteiger partial charge is 0.162 e. The number of nitrogens with zero attached hydrogens (tertiary/aromatic N) is 5. The summed E-state index contributed by atoms with van der Waals surface area (Å²) in [4.78, 5) is 0. The Bertz CT molecular complexity index is 792. The maximum Gasteiger partial charge on any atom is 0.162 e. The Kier molecular flexibility index (Phi) is 4.63. The predicted molar refractivity (Wildman–Crippen MR) is 91.2 cm³/mol. The molecular formula is C16H15ClN6. The predicted octanol–water partition coefficient (Wildman–Crippen LogP) is 3.26. The van der Waals surface area contributed by atoms with E-state index in [0.29, 0.717) is 17.3 Å². The van der Waals surface area contributed by atoms with Crippen molar-refractivity contribution in [2.75, 3.05) is 5.43 Å². The fourth-order valence-corrected chi connectivity index (χ4v) is 2.12. The highest BCUT2D eigenvalue weighted by Crippen LogP contribution is 2.13. The van der Waals surface area contributed by atoms with Gasteiger partial charge in [-0.1, -0.05) is 29.3 Å². The molecule has 3 rings (SSSR count). The van der Waals surface area contributed by atoms with Crippen LogP contribution >= 0.6 is 11.6 Å². The van der Waals surface area contributed by atoms with Gasteiger partial charge >= 0.3 is 0 Å². The highest BCUT2D eigenvalue weighted by molar-refractivity contribution is 6.30. The Balaban J connectivity index is 1.65. The average molecular weight is 327 g/mol. The lowest BCUT2D eigenvalue weighted by atomic mass is 10.2. The summed E-state index contributed by atoms with van der Waals surface area (Å²) in [5.41, 5.74) is 5.98. The quantitative estimate of drug-likeness (QED) is 0.577. The highest BCUT2D eigenvalue weighted by atomic mass is 35.5. The molecule has 6 nitrogen and oxygen atoms in total. The second-order valence-electron chi connectivity index (χ2n) is 4.98. The Labute approximate surface area is 138 Å². The van der Waals surface area contributed by atoms with Crippen molar-refractivity contribution in [3.8, 4) is 5.69 Å². The lowest BCUT2D eigenvalue weighted by Crippen LogP contribution is -2.04. The van der Waals surface area contributed by atoms with Gasteiger partial charge in [0, 0.05) is 17.7 Å². The van der Waals surface area contributed by atoms with Crippen molar-refractivity contribution in [3.05, 3.63) is 64.9 Å². The SMILES string of the molecule is Cc1ccc(NN=CCc2nnnn2-c2ccc(Cl)cc2)cc1. The molecular weight excluding hydrogens is 312 g/mol. The standard InChI is InChI=1S/C16H15ClN6/c1-12-2-6-14(7-3-12)19-18-11-10-16-20-21-22-23(16)15-8-4-13(17)5-9-15/h2-9,11,19H,10H2,1H3. The van der Waals surface area contributed by atoms with E-state index in [0.717, 1.165) is 11.4 Å². The Morgan fingerprint density at radius 2 is 1.87 bits per heavy atom. The van der Waals surface area contributed by atoms with Crippen molar-refractivity contribution < 1.29 is 0 Å². The third-order valence-corrected chi connectivity index (χ3v) is 3.47. The van der Waals surface area contributed by atoms with Crippen LogP contribution in [0.25, 0.3) is 5.69 Å². The van der Waals surface area contributed by atoms with Gasteiger partial charge in [-0.05, 0) is 53.7 Å². The summed E-state index contributed by atoms with van der Waals surface area (Å²) in [5.74, 6) is 0.696. The van der Waals surface area contributed by atoms with Crippen LogP contribution in [0.3, 0.4) is 0 Å². The molecule has 0 amide bonds. The number of aromatic nitrogens is 4. The maximum atomic E-state index is 5.89. The monoisotopic (exact) mass is 326 g/mol. The molecule has 0 spiro atoms. The number of aryl methyl sites for hydroxylation is 1. The number of hydrogen-bond donors (Lipinski definition) is 1. The van der Waals surface area contributed by atoms with Crippen LogP contribution in [0.5, 0.6) is 0 Å². The highest BCUT2D eigenvalue weighted by Gasteiger charge is 2.06. The number of tetrazole rings is 1. The molecule has 1 aromatic heterocycles. The fourth-order valence-electron chi connectivity index (χ4n) is 1.99. The number of benzene rings is 2. The van der Waals surface area contributed by atoms with E-state index < -0.39 is 0 Å². The van der Waals surface area contributed by atoms with Gasteiger partial charge in [-0.15, -0.1) is 5.10 Å². The van der Waals surface area contributed by atoms with E-state index in [-0.39, 0.29) is 0 Å². The molecule has 23 heavy (non-hydrogen) atoms. The molecule has 3 aromatic rings. The maximum absolute atomic E-state index is 5.89. The number of hydrazone groups is 1. The molecule has 0 radical (unpaired) electrons. The van der Waals surface area contributed by atoms with E-state index in [2.05, 4.69) is 26.1 Å². The second-order valence-corrected chi connectivity index (χ2v) is 5.41. The van der Waals surface area contributed by atoms with E-state index in [1.165, 1.54) is 5.56 Å². The summed E-state index contributed by atoms with van der Waals surface area (Å²) in [6.07, 6.45) is 2.24. The topological polar surface area (TPSA) is 68.0 Å². The molecule has 0 saturated heterocycles. The first-order chi connectivity index (χ1) is 11.2. The largest absolute Gasteiger partial charge is 0.279 e. The first-order valence-electron chi connectivity index (χ1n) is 7.10. The zero-order chi connectivity index (χ0) is 16.1. The van der Waals surface area contributed by atoms with Gasteiger partial charge in [-0.3, -0.25) is 5.43 Å². The number of anilines is 1. The van der Waals surface area contributed by atoms with Crippen LogP contribution in [0, 0.1) is 6.92 Å². The van der Waals surface area contributed by atoms with Gasteiger partial charge in [0.1, 0.15) is 0 Å². The van der Waals surface area contributed by atoms with Crippen LogP contribution in [-0.4, -0.2) is 26.4 Å². The lowest BCUT2D eigenvalue weighted by molar-refractivity contribution is 0.776. The van der Waals surface area contributed by atoms with Gasteiger partial charge in [0.2, 0.25) is 0 Å². The van der Waals surface area contributed by atoms with Crippen LogP contribution < -0.4 is 5.43 Å². The summed E-state index contributed by atoms with van der Waals surface area (Å²) in [6, 6.07) is 15.3. The number of nitrogens with one attached hydrogen (secondary N) is 1. The normalized spacial score (nSPS) is 11.0. The van der Waals surface area contributed by atoms with Crippen LogP contribution in [0.15, 0.2) is 53.6 Å². The van der Waals surface area contributed by atoms with Gasteiger partial charge in [0.25, 0.3) is 0 Å². The van der Waals surface area contributed by atoms with Crippen LogP contribution in [0.4, 0.5) is 5.69 Å². The van der Waals surface area contributed by atoms with Crippen LogP contribution in [0.2, 0.25) is 5.02 Å². The van der Waals surface area contributed by atoms with Crippen molar-refractivity contribution in [1.29, 1.82) is 0 Å². The molecule has 0 aliphatic rings. The summed E-state index contributed by atoms with van der Waals surface area (Å²) in [7, 11) is 0. The molecule has 0 aliphatic carbocycles. The molecule has 2 aromatic carbocycles. The number of rotatable bonds is 5. The molecule has 116 valence electrons. The third kappa shape index (κ3) is 3.92. The van der Waals surface area contributed by atoms with E-state index in [4.69, 9.17) is 11.6 Å². The summed E-state index contributed by atoms with van der Waals surface area (Å²) < 4.78 is 1.66. The van der Waals surface area contributed by atoms with Crippen molar-refractivity contribution in [2.24, 2.45) is 5.10 Å². The third-order valence-electron chi connectivity index (χ3n) is 3.22. The zero-order valence-corrected chi connectivity index (χ0v) is 13.3. The minimum absolute atomic E-state index is 0.508. The zero-order valence-electron chi connectivity index (χ0n) is 12.5. The van der Waals surface area contributed by atoms with Gasteiger partial charge in [0.05, 0.1) is 11.4 Å². The van der Waals surface area contributed by atoms with E-state index in [1.807, 2.05) is 43.3 Å². The van der Waals surface area contributed by atoms with Gasteiger partial charge in [0.15, 0.2) is 5.82 Å². The van der Waals surface area contributed by atoms with Crippen molar-refractivity contribution >= 4 is 23.5 Å². The fraction of sp³-hybridized carbons (Fsp3) is 0.125. The van der Waals surface area contributed by atoms with E-state index >= 15 is 0 Å². The number of hydrogen-bond acceptors (Lipinski definition) is 5. The van der Waals surface area contributed by atoms with Crippen molar-refractivity contribution in [2.45, 2.75) is 13.3 Å². The molecule has 0 fully saturated rings. The summed E-state index contributed by atoms with van der Waals surface area (Å²) in [5, 5.41) is 16.6. The number of halogens is 1. The van der Waals surface area contributed by atoms with Crippen molar-refractivity contribution in [3.63, 3.8) is 0 Å². The molecule has 1 N–H and O–H groups in total. The van der Waals surface area contributed by atoms with Crippen LogP contribution in [-0.2, 0) is 6.42 Å². The van der Waals surface area contributed by atoms with E-state index in [1.54, 1.807) is 23.0 Å². The molecule has 0 bridgehead atoms. The summed E-state index contributed by atoms with van der Waals surface area (Å²) >= 11 is 5.89. The van der Waals surface area contributed by atoms with Gasteiger partial charge in [-0.25, -0.2) is 0 Å². The molecule has 1 heterocycles. The first kappa shape index (κ1) is 15.2. The molecule has 7 heteroatoms. The van der Waals surface area contributed by atoms with Crippen LogP contribution in [0.1, 0.15) is 11.4 Å². The van der Waals surface area contributed by atoms with Crippen molar-refractivity contribution in [1.82, 2.24) is 20.2 Å². The molecule has 0 aliphatic heterocycles. The first-order valence-corrected chi connectivity index (χ1v) is 7.47. The van der Waals surface area contributed by atoms with Gasteiger partial charge in [-0.2, -0.15) is 9.78 Å². The minimum Gasteiger partial charge on any atom is -0.279 e. The Morgan fingerprint density at radius 3 is 2.61 bits per heavy atom.